The molecule has 1 heterocycles. The minimum absolute atomic E-state index is 0.143. The summed E-state index contributed by atoms with van der Waals surface area (Å²) in [5.74, 6) is -0.143. The largest absolute Gasteiger partial charge is 0.465 e. The summed E-state index contributed by atoms with van der Waals surface area (Å²) in [5.41, 5.74) is 0. The van der Waals surface area contributed by atoms with Crippen LogP contribution in [-0.2, 0) is 9.53 Å². The monoisotopic (exact) mass is 244 g/mol. The standard InChI is InChI=1S/C12H24N2O3/c1-3-11(10-15)14-7-5-13(6-8-14)9-12(16)17-4-2/h11,15H,3-10H2,1-2H3. The summed E-state index contributed by atoms with van der Waals surface area (Å²) in [7, 11) is 0. The zero-order valence-electron chi connectivity index (χ0n) is 10.9. The number of ether oxygens (including phenoxy) is 1. The quantitative estimate of drug-likeness (QED) is 0.663. The van der Waals surface area contributed by atoms with Crippen molar-refractivity contribution in [3.8, 4) is 0 Å². The van der Waals surface area contributed by atoms with Crippen LogP contribution in [0.15, 0.2) is 0 Å². The van der Waals surface area contributed by atoms with Crippen molar-refractivity contribution in [1.82, 2.24) is 9.80 Å². The van der Waals surface area contributed by atoms with Gasteiger partial charge in [0.15, 0.2) is 0 Å². The Morgan fingerprint density at radius 3 is 2.41 bits per heavy atom. The number of esters is 1. The summed E-state index contributed by atoms with van der Waals surface area (Å²) < 4.78 is 4.93. The van der Waals surface area contributed by atoms with Gasteiger partial charge >= 0.3 is 5.97 Å². The average Bonchev–Trinajstić information content (AvgIpc) is 2.33. The molecule has 5 heteroatoms. The van der Waals surface area contributed by atoms with Gasteiger partial charge in [0.25, 0.3) is 0 Å². The number of hydrogen-bond donors (Lipinski definition) is 1. The molecule has 0 amide bonds. The van der Waals surface area contributed by atoms with E-state index in [0.29, 0.717) is 13.2 Å². The van der Waals surface area contributed by atoms with Crippen molar-refractivity contribution in [1.29, 1.82) is 0 Å². The number of rotatable bonds is 6. The van der Waals surface area contributed by atoms with Crippen LogP contribution in [0.5, 0.6) is 0 Å². The van der Waals surface area contributed by atoms with E-state index in [2.05, 4.69) is 16.7 Å². The van der Waals surface area contributed by atoms with Gasteiger partial charge in [-0.2, -0.15) is 0 Å². The molecule has 0 spiro atoms. The summed E-state index contributed by atoms with van der Waals surface area (Å²) in [5, 5.41) is 9.23. The van der Waals surface area contributed by atoms with Crippen LogP contribution >= 0.6 is 0 Å². The topological polar surface area (TPSA) is 53.0 Å². The van der Waals surface area contributed by atoms with Crippen molar-refractivity contribution >= 4 is 5.97 Å². The maximum absolute atomic E-state index is 11.3. The zero-order chi connectivity index (χ0) is 12.7. The van der Waals surface area contributed by atoms with Gasteiger partial charge in [0.2, 0.25) is 0 Å². The highest BCUT2D eigenvalue weighted by atomic mass is 16.5. The highest BCUT2D eigenvalue weighted by Crippen LogP contribution is 2.08. The lowest BCUT2D eigenvalue weighted by molar-refractivity contribution is -0.145. The van der Waals surface area contributed by atoms with Crippen LogP contribution in [0.3, 0.4) is 0 Å². The van der Waals surface area contributed by atoms with Crippen LogP contribution in [0.4, 0.5) is 0 Å². The van der Waals surface area contributed by atoms with Gasteiger partial charge in [0.05, 0.1) is 19.8 Å². The second kappa shape index (κ2) is 7.63. The molecule has 1 aliphatic heterocycles. The SMILES string of the molecule is CCOC(=O)CN1CCN(C(CC)CO)CC1. The molecular weight excluding hydrogens is 220 g/mol. The van der Waals surface area contributed by atoms with Gasteiger partial charge < -0.3 is 9.84 Å². The van der Waals surface area contributed by atoms with E-state index < -0.39 is 0 Å². The number of carbonyl (C=O) groups excluding carboxylic acids is 1. The molecule has 5 nitrogen and oxygen atoms in total. The van der Waals surface area contributed by atoms with Crippen molar-refractivity contribution < 1.29 is 14.6 Å². The molecule has 1 unspecified atom stereocenters. The van der Waals surface area contributed by atoms with Crippen LogP contribution in [0, 0.1) is 0 Å². The fourth-order valence-electron chi connectivity index (χ4n) is 2.18. The van der Waals surface area contributed by atoms with Gasteiger partial charge in [-0.15, -0.1) is 0 Å². The summed E-state index contributed by atoms with van der Waals surface area (Å²) in [6.45, 7) is 8.53. The maximum Gasteiger partial charge on any atom is 0.320 e. The molecule has 0 bridgehead atoms. The minimum atomic E-state index is -0.143. The number of carbonyl (C=O) groups is 1. The van der Waals surface area contributed by atoms with Crippen molar-refractivity contribution in [3.63, 3.8) is 0 Å². The van der Waals surface area contributed by atoms with Crippen molar-refractivity contribution in [2.45, 2.75) is 26.3 Å². The van der Waals surface area contributed by atoms with Crippen molar-refractivity contribution in [3.05, 3.63) is 0 Å². The zero-order valence-corrected chi connectivity index (χ0v) is 10.9. The highest BCUT2D eigenvalue weighted by molar-refractivity contribution is 5.71. The molecule has 0 saturated carbocycles. The molecule has 0 aromatic carbocycles. The fourth-order valence-corrected chi connectivity index (χ4v) is 2.18. The Labute approximate surface area is 103 Å². The minimum Gasteiger partial charge on any atom is -0.465 e. The van der Waals surface area contributed by atoms with Gasteiger partial charge in [0.1, 0.15) is 0 Å². The number of piperazine rings is 1. The predicted octanol–water partition coefficient (Wildman–Crippen LogP) is -0.0620. The first-order valence-corrected chi connectivity index (χ1v) is 6.44. The van der Waals surface area contributed by atoms with Crippen LogP contribution < -0.4 is 0 Å². The lowest BCUT2D eigenvalue weighted by Gasteiger charge is -2.37. The molecule has 1 rings (SSSR count). The molecule has 17 heavy (non-hydrogen) atoms. The average molecular weight is 244 g/mol. The Kier molecular flexibility index (Phi) is 6.47. The summed E-state index contributed by atoms with van der Waals surface area (Å²) in [6.07, 6.45) is 0.967. The molecule has 1 N–H and O–H groups in total. The third-order valence-electron chi connectivity index (χ3n) is 3.26. The summed E-state index contributed by atoms with van der Waals surface area (Å²) in [6, 6.07) is 0.264. The first kappa shape index (κ1) is 14.4. The smallest absolute Gasteiger partial charge is 0.320 e. The van der Waals surface area contributed by atoms with Crippen molar-refractivity contribution in [2.75, 3.05) is 45.9 Å². The molecular formula is C12H24N2O3. The third-order valence-corrected chi connectivity index (χ3v) is 3.26. The Hall–Kier alpha value is -0.650. The van der Waals surface area contributed by atoms with E-state index in [1.54, 1.807) is 0 Å². The van der Waals surface area contributed by atoms with E-state index in [1.165, 1.54) is 0 Å². The Morgan fingerprint density at radius 1 is 1.29 bits per heavy atom. The van der Waals surface area contributed by atoms with E-state index in [4.69, 9.17) is 4.74 Å². The summed E-state index contributed by atoms with van der Waals surface area (Å²) in [4.78, 5) is 15.7. The van der Waals surface area contributed by atoms with E-state index >= 15 is 0 Å². The van der Waals surface area contributed by atoms with Crippen LogP contribution in [0.1, 0.15) is 20.3 Å². The molecule has 0 radical (unpaired) electrons. The fraction of sp³-hybridized carbons (Fsp3) is 0.917. The second-order valence-corrected chi connectivity index (χ2v) is 4.36. The molecule has 100 valence electrons. The molecule has 1 atom stereocenters. The molecule has 0 aromatic heterocycles. The highest BCUT2D eigenvalue weighted by Gasteiger charge is 2.23. The Balaban J connectivity index is 2.28. The lowest BCUT2D eigenvalue weighted by Crippen LogP contribution is -2.52. The number of aliphatic hydroxyl groups is 1. The lowest BCUT2D eigenvalue weighted by atomic mass is 10.1. The summed E-state index contributed by atoms with van der Waals surface area (Å²) >= 11 is 0. The third kappa shape index (κ3) is 4.61. The Morgan fingerprint density at radius 2 is 1.94 bits per heavy atom. The Bertz CT molecular complexity index is 224. The van der Waals surface area contributed by atoms with Crippen LogP contribution in [0.25, 0.3) is 0 Å². The van der Waals surface area contributed by atoms with Gasteiger partial charge in [-0.3, -0.25) is 14.6 Å². The van der Waals surface area contributed by atoms with Gasteiger partial charge in [0, 0.05) is 32.2 Å². The van der Waals surface area contributed by atoms with Crippen LogP contribution in [0.2, 0.25) is 0 Å². The first-order valence-electron chi connectivity index (χ1n) is 6.44. The van der Waals surface area contributed by atoms with E-state index in [0.717, 1.165) is 32.6 Å². The van der Waals surface area contributed by atoms with E-state index in [-0.39, 0.29) is 18.6 Å². The van der Waals surface area contributed by atoms with E-state index in [9.17, 15) is 9.90 Å². The molecule has 0 aromatic rings. The molecule has 1 fully saturated rings. The molecule has 1 saturated heterocycles. The van der Waals surface area contributed by atoms with Gasteiger partial charge in [-0.1, -0.05) is 6.92 Å². The second-order valence-electron chi connectivity index (χ2n) is 4.36. The van der Waals surface area contributed by atoms with Crippen LogP contribution in [-0.4, -0.2) is 72.9 Å². The first-order chi connectivity index (χ1) is 8.21. The van der Waals surface area contributed by atoms with Gasteiger partial charge in [-0.05, 0) is 13.3 Å². The maximum atomic E-state index is 11.3. The molecule has 0 aliphatic carbocycles. The normalized spacial score (nSPS) is 20.2. The van der Waals surface area contributed by atoms with E-state index in [1.807, 2.05) is 6.92 Å². The van der Waals surface area contributed by atoms with Crippen molar-refractivity contribution in [2.24, 2.45) is 0 Å². The molecule has 1 aliphatic rings. The number of nitrogens with zero attached hydrogens (tertiary/aromatic N) is 2. The number of hydrogen-bond acceptors (Lipinski definition) is 5. The van der Waals surface area contributed by atoms with Gasteiger partial charge in [-0.25, -0.2) is 0 Å². The number of aliphatic hydroxyl groups excluding tert-OH is 1. The predicted molar refractivity (Wildman–Crippen MR) is 65.8 cm³/mol.